The maximum absolute atomic E-state index is 11.2. The molecule has 0 atom stereocenters. The third kappa shape index (κ3) is 9.37. The van der Waals surface area contributed by atoms with Crippen LogP contribution in [0.4, 0.5) is 22.7 Å². The van der Waals surface area contributed by atoms with E-state index in [0.717, 1.165) is 18.9 Å². The number of nitrogens with one attached hydrogen (secondary N) is 2. The summed E-state index contributed by atoms with van der Waals surface area (Å²) >= 11 is 0. The second-order valence-corrected chi connectivity index (χ2v) is 7.72. The number of carbonyl (C=O) groups excluding carboxylic acids is 2. The molecule has 38 heavy (non-hydrogen) atoms. The summed E-state index contributed by atoms with van der Waals surface area (Å²) in [7, 11) is 2.89. The van der Waals surface area contributed by atoms with Crippen LogP contribution in [0, 0.1) is 10.1 Å². The van der Waals surface area contributed by atoms with E-state index in [9.17, 15) is 19.7 Å². The SMILES string of the molecule is CC/C=C/CNc1c(N)cc(C(N)=O)cc1OC.CC/C=C/CNc1c(OC)cc(C(N)=O)cc1[N+](=O)[O-]. The lowest BCUT2D eigenvalue weighted by molar-refractivity contribution is -0.384. The van der Waals surface area contributed by atoms with Crippen LogP contribution in [0.3, 0.4) is 0 Å². The monoisotopic (exact) mass is 528 g/mol. The third-order valence-corrected chi connectivity index (χ3v) is 5.02. The molecule has 0 aliphatic rings. The fourth-order valence-corrected chi connectivity index (χ4v) is 3.18. The zero-order valence-corrected chi connectivity index (χ0v) is 22.1. The number of methoxy groups -OCH3 is 2. The molecule has 0 unspecified atom stereocenters. The van der Waals surface area contributed by atoms with Crippen molar-refractivity contribution in [1.82, 2.24) is 0 Å². The number of rotatable bonds is 13. The first kappa shape index (κ1) is 31.3. The molecule has 0 saturated carbocycles. The number of nitro groups is 1. The van der Waals surface area contributed by atoms with Crippen LogP contribution in [0.25, 0.3) is 0 Å². The van der Waals surface area contributed by atoms with E-state index in [0.29, 0.717) is 35.8 Å². The van der Waals surface area contributed by atoms with Gasteiger partial charge in [0, 0.05) is 30.3 Å². The van der Waals surface area contributed by atoms with Crippen molar-refractivity contribution in [2.45, 2.75) is 26.7 Å². The van der Waals surface area contributed by atoms with Crippen LogP contribution in [0.15, 0.2) is 48.6 Å². The molecule has 0 aliphatic heterocycles. The molecule has 12 heteroatoms. The van der Waals surface area contributed by atoms with Gasteiger partial charge in [-0.15, -0.1) is 0 Å². The van der Waals surface area contributed by atoms with Crippen LogP contribution in [-0.4, -0.2) is 44.0 Å². The number of ether oxygens (including phenoxy) is 2. The highest BCUT2D eigenvalue weighted by atomic mass is 16.6. The number of nitrogens with zero attached hydrogens (tertiary/aromatic N) is 1. The Morgan fingerprint density at radius 3 is 1.71 bits per heavy atom. The van der Waals surface area contributed by atoms with Crippen LogP contribution in [0.2, 0.25) is 0 Å². The Bertz CT molecular complexity index is 1180. The lowest BCUT2D eigenvalue weighted by Gasteiger charge is -2.13. The van der Waals surface area contributed by atoms with Gasteiger partial charge in [0.15, 0.2) is 5.69 Å². The van der Waals surface area contributed by atoms with Gasteiger partial charge < -0.3 is 37.3 Å². The number of carbonyl (C=O) groups is 2. The number of hydrogen-bond acceptors (Lipinski definition) is 9. The largest absolute Gasteiger partial charge is 0.494 e. The molecule has 0 heterocycles. The normalized spacial score (nSPS) is 10.5. The minimum absolute atomic E-state index is 0.0307. The number of allylic oxidation sites excluding steroid dienone is 2. The molecule has 2 amide bonds. The van der Waals surface area contributed by atoms with Crippen molar-refractivity contribution in [1.29, 1.82) is 0 Å². The second kappa shape index (κ2) is 16.1. The number of anilines is 3. The molecule has 0 saturated heterocycles. The van der Waals surface area contributed by atoms with E-state index in [1.165, 1.54) is 26.4 Å². The standard InChI is InChI=1S/C13H17N3O4.C13H19N3O2/c1-3-4-5-6-15-12-10(16(18)19)7-9(13(14)17)8-11(12)20-2;1-3-4-5-6-16-12-10(14)7-9(13(15)17)8-11(12)18-2/h4-5,7-8,15H,3,6H2,1-2H3,(H2,14,17);4-5,7-8,16H,3,6,14H2,1-2H3,(H2,15,17)/b2*5-4+. The van der Waals surface area contributed by atoms with E-state index in [1.807, 2.05) is 31.2 Å². The summed E-state index contributed by atoms with van der Waals surface area (Å²) in [5.41, 5.74) is 17.7. The fourth-order valence-electron chi connectivity index (χ4n) is 3.18. The van der Waals surface area contributed by atoms with Crippen LogP contribution in [-0.2, 0) is 0 Å². The Hall–Kier alpha value is -4.74. The zero-order valence-electron chi connectivity index (χ0n) is 22.1. The third-order valence-electron chi connectivity index (χ3n) is 5.02. The van der Waals surface area contributed by atoms with Gasteiger partial charge in [0.05, 0.1) is 24.8 Å². The molecule has 0 spiro atoms. The van der Waals surface area contributed by atoms with E-state index in [2.05, 4.69) is 17.6 Å². The Kier molecular flexibility index (Phi) is 13.3. The topological polar surface area (TPSA) is 198 Å². The van der Waals surface area contributed by atoms with Crippen molar-refractivity contribution in [3.05, 3.63) is 69.8 Å². The number of primary amides is 2. The molecule has 2 aromatic carbocycles. The van der Waals surface area contributed by atoms with E-state index in [1.54, 1.807) is 6.07 Å². The first-order chi connectivity index (χ1) is 18.1. The Labute approximate surface area is 222 Å². The maximum Gasteiger partial charge on any atom is 0.296 e. The highest BCUT2D eigenvalue weighted by Crippen LogP contribution is 2.36. The predicted molar refractivity (Wildman–Crippen MR) is 150 cm³/mol. The first-order valence-electron chi connectivity index (χ1n) is 11.8. The van der Waals surface area contributed by atoms with Gasteiger partial charge in [-0.3, -0.25) is 19.7 Å². The number of nitrogens with two attached hydrogens (primary N) is 3. The average Bonchev–Trinajstić information content (AvgIpc) is 2.89. The maximum atomic E-state index is 11.2. The number of amides is 2. The van der Waals surface area contributed by atoms with Crippen molar-refractivity contribution in [2.75, 3.05) is 43.7 Å². The van der Waals surface area contributed by atoms with Crippen molar-refractivity contribution in [2.24, 2.45) is 11.5 Å². The van der Waals surface area contributed by atoms with Crippen LogP contribution < -0.4 is 37.3 Å². The van der Waals surface area contributed by atoms with Gasteiger partial charge in [0.2, 0.25) is 11.8 Å². The van der Waals surface area contributed by atoms with E-state index >= 15 is 0 Å². The summed E-state index contributed by atoms with van der Waals surface area (Å²) in [6, 6.07) is 5.62. The van der Waals surface area contributed by atoms with Crippen molar-refractivity contribution < 1.29 is 24.0 Å². The smallest absolute Gasteiger partial charge is 0.296 e. The lowest BCUT2D eigenvalue weighted by Crippen LogP contribution is -2.13. The van der Waals surface area contributed by atoms with Crippen LogP contribution >= 0.6 is 0 Å². The zero-order chi connectivity index (χ0) is 28.7. The van der Waals surface area contributed by atoms with Crippen LogP contribution in [0.5, 0.6) is 11.5 Å². The number of nitrogen functional groups attached to an aromatic ring is 1. The minimum atomic E-state index is -0.746. The summed E-state index contributed by atoms with van der Waals surface area (Å²) < 4.78 is 10.3. The van der Waals surface area contributed by atoms with Crippen LogP contribution in [0.1, 0.15) is 47.4 Å². The quantitative estimate of drug-likeness (QED) is 0.111. The minimum Gasteiger partial charge on any atom is -0.494 e. The summed E-state index contributed by atoms with van der Waals surface area (Å²) in [4.78, 5) is 32.8. The van der Waals surface area contributed by atoms with Gasteiger partial charge in [-0.25, -0.2) is 0 Å². The predicted octanol–water partition coefficient (Wildman–Crippen LogP) is 3.83. The lowest BCUT2D eigenvalue weighted by atomic mass is 10.1. The molecule has 206 valence electrons. The van der Waals surface area contributed by atoms with Gasteiger partial charge in [0.25, 0.3) is 5.69 Å². The molecule has 0 aromatic heterocycles. The second-order valence-electron chi connectivity index (χ2n) is 7.72. The molecule has 2 aromatic rings. The summed E-state index contributed by atoms with van der Waals surface area (Å²) in [6.07, 6.45) is 9.69. The molecule has 0 radical (unpaired) electrons. The summed E-state index contributed by atoms with van der Waals surface area (Å²) in [6.45, 7) is 5.11. The molecule has 0 bridgehead atoms. The highest BCUT2D eigenvalue weighted by Gasteiger charge is 2.21. The molecule has 8 N–H and O–H groups in total. The Morgan fingerprint density at radius 1 is 0.842 bits per heavy atom. The summed E-state index contributed by atoms with van der Waals surface area (Å²) in [5, 5.41) is 17.1. The van der Waals surface area contributed by atoms with Gasteiger partial charge >= 0.3 is 0 Å². The number of nitro benzene ring substituents is 1. The Morgan fingerprint density at radius 2 is 1.29 bits per heavy atom. The number of hydrogen-bond donors (Lipinski definition) is 5. The molecule has 12 nitrogen and oxygen atoms in total. The molecule has 0 aliphatic carbocycles. The van der Waals surface area contributed by atoms with Gasteiger partial charge in [-0.05, 0) is 31.0 Å². The van der Waals surface area contributed by atoms with E-state index < -0.39 is 16.7 Å². The van der Waals surface area contributed by atoms with E-state index in [-0.39, 0.29) is 22.7 Å². The molecule has 0 fully saturated rings. The fraction of sp³-hybridized carbons (Fsp3) is 0.308. The van der Waals surface area contributed by atoms with Crippen molar-refractivity contribution in [3.8, 4) is 11.5 Å². The van der Waals surface area contributed by atoms with Gasteiger partial charge in [0.1, 0.15) is 17.2 Å². The Balaban J connectivity index is 0.000000382. The number of benzene rings is 2. The molecular formula is C26H36N6O6. The average molecular weight is 529 g/mol. The van der Waals surface area contributed by atoms with Gasteiger partial charge in [-0.2, -0.15) is 0 Å². The van der Waals surface area contributed by atoms with Crippen molar-refractivity contribution >= 4 is 34.6 Å². The molecule has 2 rings (SSSR count). The van der Waals surface area contributed by atoms with Crippen molar-refractivity contribution in [3.63, 3.8) is 0 Å². The van der Waals surface area contributed by atoms with Gasteiger partial charge in [-0.1, -0.05) is 38.2 Å². The highest BCUT2D eigenvalue weighted by molar-refractivity contribution is 5.96. The molecular weight excluding hydrogens is 492 g/mol. The van der Waals surface area contributed by atoms with E-state index in [4.69, 9.17) is 26.7 Å². The summed E-state index contributed by atoms with van der Waals surface area (Å²) in [5.74, 6) is -0.562. The first-order valence-corrected chi connectivity index (χ1v) is 11.8.